The van der Waals surface area contributed by atoms with Crippen molar-refractivity contribution in [3.05, 3.63) is 59.8 Å². The Morgan fingerprint density at radius 3 is 2.57 bits per heavy atom. The number of hydrogen-bond donors (Lipinski definition) is 2. The molecular weight excluding hydrogens is 407 g/mol. The van der Waals surface area contributed by atoms with Crippen molar-refractivity contribution in [2.24, 2.45) is 5.92 Å². The lowest BCUT2D eigenvalue weighted by molar-refractivity contribution is -0.135. The van der Waals surface area contributed by atoms with Gasteiger partial charge in [0.1, 0.15) is 11.9 Å². The van der Waals surface area contributed by atoms with Gasteiger partial charge in [-0.3, -0.25) is 9.59 Å². The van der Waals surface area contributed by atoms with Crippen LogP contribution < -0.4 is 5.32 Å². The van der Waals surface area contributed by atoms with E-state index in [0.717, 1.165) is 5.75 Å². The number of benzene rings is 1. The van der Waals surface area contributed by atoms with Gasteiger partial charge in [0, 0.05) is 13.1 Å². The van der Waals surface area contributed by atoms with Crippen molar-refractivity contribution in [3.63, 3.8) is 0 Å². The molecule has 2 amide bonds. The average molecular weight is 435 g/mol. The van der Waals surface area contributed by atoms with E-state index in [1.165, 1.54) is 18.4 Å². The van der Waals surface area contributed by atoms with Crippen LogP contribution in [0.5, 0.6) is 0 Å². The van der Waals surface area contributed by atoms with Crippen molar-refractivity contribution in [2.45, 2.75) is 31.4 Å². The molecular formula is C22H27FN2O4S. The summed E-state index contributed by atoms with van der Waals surface area (Å²) in [6, 6.07) is 8.46. The van der Waals surface area contributed by atoms with Gasteiger partial charge < -0.3 is 19.7 Å². The van der Waals surface area contributed by atoms with E-state index in [9.17, 15) is 19.1 Å². The van der Waals surface area contributed by atoms with E-state index >= 15 is 0 Å². The van der Waals surface area contributed by atoms with Crippen LogP contribution in [0.2, 0.25) is 0 Å². The molecule has 1 aliphatic rings. The van der Waals surface area contributed by atoms with E-state index in [2.05, 4.69) is 5.32 Å². The Morgan fingerprint density at radius 1 is 1.27 bits per heavy atom. The molecule has 0 aliphatic carbocycles. The second-order valence-electron chi connectivity index (χ2n) is 7.44. The summed E-state index contributed by atoms with van der Waals surface area (Å²) in [6.45, 7) is 1.02. The van der Waals surface area contributed by atoms with Gasteiger partial charge in [-0.1, -0.05) is 12.1 Å². The summed E-state index contributed by atoms with van der Waals surface area (Å²) in [5, 5.41) is 13.4. The Morgan fingerprint density at radius 2 is 1.97 bits per heavy atom. The number of amides is 2. The average Bonchev–Trinajstić information content (AvgIpc) is 3.31. The number of aliphatic hydroxyl groups excluding tert-OH is 1. The zero-order valence-corrected chi connectivity index (χ0v) is 17.7. The largest absolute Gasteiger partial charge is 0.459 e. The Kier molecular flexibility index (Phi) is 7.93. The third kappa shape index (κ3) is 5.64. The number of nitrogens with one attached hydrogen (secondary N) is 1. The Balaban J connectivity index is 1.58. The maximum absolute atomic E-state index is 13.1. The molecule has 0 spiro atoms. The molecule has 2 heterocycles. The van der Waals surface area contributed by atoms with Crippen LogP contribution in [0, 0.1) is 11.7 Å². The zero-order chi connectivity index (χ0) is 21.5. The maximum Gasteiger partial charge on any atom is 0.287 e. The summed E-state index contributed by atoms with van der Waals surface area (Å²) in [6.07, 6.45) is 4.51. The second kappa shape index (κ2) is 10.6. The monoisotopic (exact) mass is 434 g/mol. The molecule has 0 radical (unpaired) electrons. The predicted molar refractivity (Wildman–Crippen MR) is 114 cm³/mol. The molecule has 1 fully saturated rings. The van der Waals surface area contributed by atoms with Gasteiger partial charge in [0.05, 0.1) is 12.4 Å². The molecule has 1 aliphatic heterocycles. The van der Waals surface area contributed by atoms with Gasteiger partial charge in [0.25, 0.3) is 5.91 Å². The smallest absolute Gasteiger partial charge is 0.287 e. The first kappa shape index (κ1) is 22.4. The molecule has 2 N–H and O–H groups in total. The van der Waals surface area contributed by atoms with Crippen molar-refractivity contribution >= 4 is 23.6 Å². The molecule has 30 heavy (non-hydrogen) atoms. The Bertz CT molecular complexity index is 820. The number of likely N-dealkylation sites (tertiary alicyclic amines) is 1. The summed E-state index contributed by atoms with van der Waals surface area (Å²) in [7, 11) is 0. The fourth-order valence-corrected chi connectivity index (χ4v) is 4.19. The molecule has 3 rings (SSSR count). The summed E-state index contributed by atoms with van der Waals surface area (Å²) >= 11 is 1.62. The Labute approximate surface area is 179 Å². The number of halogens is 1. The molecule has 1 aromatic carbocycles. The van der Waals surface area contributed by atoms with E-state index in [4.69, 9.17) is 4.42 Å². The van der Waals surface area contributed by atoms with Gasteiger partial charge in [-0.2, -0.15) is 11.8 Å². The van der Waals surface area contributed by atoms with Gasteiger partial charge in [-0.05, 0) is 67.0 Å². The van der Waals surface area contributed by atoms with Crippen LogP contribution in [0.1, 0.15) is 41.5 Å². The number of piperidine rings is 1. The highest BCUT2D eigenvalue weighted by Crippen LogP contribution is 2.31. The molecule has 6 nitrogen and oxygen atoms in total. The molecule has 162 valence electrons. The highest BCUT2D eigenvalue weighted by Gasteiger charge is 2.32. The van der Waals surface area contributed by atoms with Crippen molar-refractivity contribution in [3.8, 4) is 0 Å². The van der Waals surface area contributed by atoms with Crippen LogP contribution in [-0.4, -0.2) is 53.0 Å². The number of nitrogens with zero attached hydrogens (tertiary/aromatic N) is 1. The van der Waals surface area contributed by atoms with E-state index in [0.29, 0.717) is 37.9 Å². The minimum absolute atomic E-state index is 0.00173. The van der Waals surface area contributed by atoms with E-state index in [-0.39, 0.29) is 23.4 Å². The molecule has 0 saturated carbocycles. The standard InChI is InChI=1S/C22H27FN2O4S/c1-30-14-10-18(24-21(27)19-3-2-13-29-19)22(28)25-11-8-16(9-12-25)20(26)15-4-6-17(23)7-5-15/h2-7,13,16,18,20,26H,8-12,14H2,1H3,(H,24,27). The van der Waals surface area contributed by atoms with Gasteiger partial charge in [-0.25, -0.2) is 4.39 Å². The van der Waals surface area contributed by atoms with Crippen molar-refractivity contribution in [1.29, 1.82) is 0 Å². The number of carbonyl (C=O) groups excluding carboxylic acids is 2. The van der Waals surface area contributed by atoms with Gasteiger partial charge in [0.2, 0.25) is 5.91 Å². The fraction of sp³-hybridized carbons (Fsp3) is 0.455. The van der Waals surface area contributed by atoms with Gasteiger partial charge >= 0.3 is 0 Å². The van der Waals surface area contributed by atoms with Crippen LogP contribution in [0.4, 0.5) is 4.39 Å². The van der Waals surface area contributed by atoms with Crippen LogP contribution >= 0.6 is 11.8 Å². The zero-order valence-electron chi connectivity index (χ0n) is 16.9. The maximum atomic E-state index is 13.1. The number of furan rings is 1. The SMILES string of the molecule is CSCCC(NC(=O)c1ccco1)C(=O)N1CCC(C(O)c2ccc(F)cc2)CC1. The van der Waals surface area contributed by atoms with E-state index < -0.39 is 18.1 Å². The molecule has 2 aromatic rings. The van der Waals surface area contributed by atoms with Crippen molar-refractivity contribution in [1.82, 2.24) is 10.2 Å². The third-order valence-electron chi connectivity index (χ3n) is 5.47. The summed E-state index contributed by atoms with van der Waals surface area (Å²) < 4.78 is 18.2. The number of rotatable bonds is 8. The van der Waals surface area contributed by atoms with Crippen LogP contribution in [-0.2, 0) is 4.79 Å². The summed E-state index contributed by atoms with van der Waals surface area (Å²) in [4.78, 5) is 27.2. The molecule has 2 atom stereocenters. The lowest BCUT2D eigenvalue weighted by Gasteiger charge is -2.36. The molecule has 2 unspecified atom stereocenters. The molecule has 1 aromatic heterocycles. The molecule has 1 saturated heterocycles. The fourth-order valence-electron chi connectivity index (χ4n) is 3.72. The lowest BCUT2D eigenvalue weighted by Crippen LogP contribution is -2.51. The summed E-state index contributed by atoms with van der Waals surface area (Å²) in [5.41, 5.74) is 0.685. The lowest BCUT2D eigenvalue weighted by atomic mass is 9.87. The third-order valence-corrected chi connectivity index (χ3v) is 6.11. The van der Waals surface area contributed by atoms with Crippen molar-refractivity contribution in [2.75, 3.05) is 25.1 Å². The first-order valence-corrected chi connectivity index (χ1v) is 11.4. The summed E-state index contributed by atoms with van der Waals surface area (Å²) in [5.74, 6) is 0.0770. The number of aliphatic hydroxyl groups is 1. The van der Waals surface area contributed by atoms with Crippen LogP contribution in [0.25, 0.3) is 0 Å². The quantitative estimate of drug-likeness (QED) is 0.667. The first-order valence-electron chi connectivity index (χ1n) is 10.0. The van der Waals surface area contributed by atoms with Crippen molar-refractivity contribution < 1.29 is 23.5 Å². The second-order valence-corrected chi connectivity index (χ2v) is 8.43. The number of hydrogen-bond acceptors (Lipinski definition) is 5. The Hall–Kier alpha value is -2.32. The molecule has 0 bridgehead atoms. The normalized spacial score (nSPS) is 16.8. The number of carbonyl (C=O) groups is 2. The van der Waals surface area contributed by atoms with Gasteiger partial charge in [0.15, 0.2) is 5.76 Å². The highest BCUT2D eigenvalue weighted by molar-refractivity contribution is 7.98. The number of thioether (sulfide) groups is 1. The highest BCUT2D eigenvalue weighted by atomic mass is 32.2. The minimum atomic E-state index is -0.686. The van der Waals surface area contributed by atoms with E-state index in [1.807, 2.05) is 6.26 Å². The topological polar surface area (TPSA) is 82.8 Å². The van der Waals surface area contributed by atoms with Gasteiger partial charge in [-0.15, -0.1) is 0 Å². The predicted octanol–water partition coefficient (Wildman–Crippen LogP) is 3.24. The minimum Gasteiger partial charge on any atom is -0.459 e. The van der Waals surface area contributed by atoms with Crippen LogP contribution in [0.15, 0.2) is 47.1 Å². The first-order chi connectivity index (χ1) is 14.5. The molecule has 8 heteroatoms. The van der Waals surface area contributed by atoms with Crippen LogP contribution in [0.3, 0.4) is 0 Å². The van der Waals surface area contributed by atoms with E-state index in [1.54, 1.807) is 40.9 Å².